The number of carbonyl (C=O) groups is 1. The maximum Gasteiger partial charge on any atom is 0.228 e. The molecule has 1 N–H and O–H groups in total. The van der Waals surface area contributed by atoms with E-state index in [1.54, 1.807) is 42.1 Å². The summed E-state index contributed by atoms with van der Waals surface area (Å²) in [6, 6.07) is 16.3. The lowest BCUT2D eigenvalue weighted by atomic mass is 10.1. The predicted octanol–water partition coefficient (Wildman–Crippen LogP) is 4.57. The van der Waals surface area contributed by atoms with Gasteiger partial charge < -0.3 is 14.8 Å². The highest BCUT2D eigenvalue weighted by molar-refractivity contribution is 5.92. The third kappa shape index (κ3) is 5.17. The zero-order valence-corrected chi connectivity index (χ0v) is 19.0. The fourth-order valence-corrected chi connectivity index (χ4v) is 3.31. The number of amides is 1. The number of aryl methyl sites for hydroxylation is 1. The van der Waals surface area contributed by atoms with Crippen LogP contribution >= 0.6 is 0 Å². The molecular formula is C25H25N5O3. The minimum absolute atomic E-state index is 0.102. The molecule has 0 radical (unpaired) electrons. The van der Waals surface area contributed by atoms with Crippen LogP contribution in [0, 0.1) is 20.8 Å². The molecule has 8 heteroatoms. The van der Waals surface area contributed by atoms with Crippen LogP contribution in [0.3, 0.4) is 0 Å². The van der Waals surface area contributed by atoms with Crippen molar-refractivity contribution in [2.24, 2.45) is 0 Å². The zero-order valence-electron chi connectivity index (χ0n) is 19.0. The molecule has 0 saturated heterocycles. The molecular weight excluding hydrogens is 418 g/mol. The van der Waals surface area contributed by atoms with Gasteiger partial charge in [0.15, 0.2) is 5.82 Å². The number of carbonyl (C=O) groups excluding carboxylic acids is 1. The van der Waals surface area contributed by atoms with Crippen molar-refractivity contribution in [2.75, 3.05) is 12.4 Å². The second-order valence-corrected chi connectivity index (χ2v) is 7.62. The van der Waals surface area contributed by atoms with Crippen LogP contribution < -0.4 is 14.8 Å². The number of methoxy groups -OCH3 is 1. The molecule has 2 aromatic carbocycles. The number of benzene rings is 2. The Morgan fingerprint density at radius 2 is 1.67 bits per heavy atom. The number of aromatic nitrogens is 4. The van der Waals surface area contributed by atoms with Gasteiger partial charge in [0.25, 0.3) is 0 Å². The number of nitrogens with zero attached hydrogens (tertiary/aromatic N) is 4. The van der Waals surface area contributed by atoms with Gasteiger partial charge in [-0.25, -0.2) is 14.6 Å². The molecule has 33 heavy (non-hydrogen) atoms. The van der Waals surface area contributed by atoms with Crippen LogP contribution in [-0.4, -0.2) is 32.8 Å². The fraction of sp³-hybridized carbons (Fsp3) is 0.200. The summed E-state index contributed by atoms with van der Waals surface area (Å²) in [6.45, 7) is 6.00. The molecule has 2 aromatic heterocycles. The lowest BCUT2D eigenvalue weighted by molar-refractivity contribution is -0.115. The van der Waals surface area contributed by atoms with Gasteiger partial charge in [0.05, 0.1) is 19.2 Å². The Hall–Kier alpha value is -4.20. The van der Waals surface area contributed by atoms with Crippen molar-refractivity contribution in [1.82, 2.24) is 19.7 Å². The Bertz CT molecular complexity index is 1260. The maximum atomic E-state index is 12.3. The van der Waals surface area contributed by atoms with E-state index in [0.29, 0.717) is 23.1 Å². The third-order valence-electron chi connectivity index (χ3n) is 5.38. The van der Waals surface area contributed by atoms with Crippen molar-refractivity contribution < 1.29 is 14.3 Å². The molecule has 0 aliphatic rings. The van der Waals surface area contributed by atoms with Crippen LogP contribution in [0.15, 0.2) is 60.9 Å². The minimum Gasteiger partial charge on any atom is -0.497 e. The second-order valence-electron chi connectivity index (χ2n) is 7.62. The molecule has 168 valence electrons. The van der Waals surface area contributed by atoms with Gasteiger partial charge in [0.1, 0.15) is 17.8 Å². The average molecular weight is 444 g/mol. The number of ether oxygens (including phenoxy) is 2. The lowest BCUT2D eigenvalue weighted by Crippen LogP contribution is -2.14. The van der Waals surface area contributed by atoms with Crippen LogP contribution in [-0.2, 0) is 11.2 Å². The number of hydrogen-bond acceptors (Lipinski definition) is 6. The summed E-state index contributed by atoms with van der Waals surface area (Å²) in [6.07, 6.45) is 1.72. The summed E-state index contributed by atoms with van der Waals surface area (Å²) in [7, 11) is 1.61. The standard InChI is InChI=1S/C25H25N5O3/c1-16-17(2)29-30(18(16)3)23-14-25(27-15-26-23)33-22-11-7-20(8-12-22)28-24(31)13-19-5-9-21(32-4)10-6-19/h5-12,14-15H,13H2,1-4H3,(H,28,31). The smallest absolute Gasteiger partial charge is 0.228 e. The Morgan fingerprint density at radius 1 is 0.970 bits per heavy atom. The van der Waals surface area contributed by atoms with Gasteiger partial charge in [-0.3, -0.25) is 4.79 Å². The van der Waals surface area contributed by atoms with E-state index in [1.807, 2.05) is 45.0 Å². The summed E-state index contributed by atoms with van der Waals surface area (Å²) in [5, 5.41) is 7.42. The third-order valence-corrected chi connectivity index (χ3v) is 5.38. The number of rotatable bonds is 7. The van der Waals surface area contributed by atoms with Gasteiger partial charge in [0, 0.05) is 17.4 Å². The summed E-state index contributed by atoms with van der Waals surface area (Å²) in [5.41, 5.74) is 4.69. The van der Waals surface area contributed by atoms with E-state index in [4.69, 9.17) is 9.47 Å². The molecule has 4 aromatic rings. The van der Waals surface area contributed by atoms with Crippen molar-refractivity contribution >= 4 is 11.6 Å². The molecule has 0 atom stereocenters. The fourth-order valence-electron chi connectivity index (χ4n) is 3.31. The largest absolute Gasteiger partial charge is 0.497 e. The Labute approximate surface area is 192 Å². The van der Waals surface area contributed by atoms with Crippen LogP contribution in [0.2, 0.25) is 0 Å². The van der Waals surface area contributed by atoms with Gasteiger partial charge in [-0.15, -0.1) is 0 Å². The molecule has 4 rings (SSSR count). The number of nitrogens with one attached hydrogen (secondary N) is 1. The summed E-state index contributed by atoms with van der Waals surface area (Å²) in [4.78, 5) is 20.8. The summed E-state index contributed by atoms with van der Waals surface area (Å²) in [5.74, 6) is 2.29. The van der Waals surface area contributed by atoms with Crippen LogP contribution in [0.1, 0.15) is 22.5 Å². The van der Waals surface area contributed by atoms with Crippen molar-refractivity contribution in [2.45, 2.75) is 27.2 Å². The van der Waals surface area contributed by atoms with E-state index in [1.165, 1.54) is 6.33 Å². The van der Waals surface area contributed by atoms with E-state index in [0.717, 1.165) is 28.3 Å². The topological polar surface area (TPSA) is 91.2 Å². The second kappa shape index (κ2) is 9.52. The zero-order chi connectivity index (χ0) is 23.4. The highest BCUT2D eigenvalue weighted by atomic mass is 16.5. The van der Waals surface area contributed by atoms with Gasteiger partial charge in [-0.2, -0.15) is 5.10 Å². The van der Waals surface area contributed by atoms with Gasteiger partial charge >= 0.3 is 0 Å². The van der Waals surface area contributed by atoms with Crippen molar-refractivity contribution in [3.63, 3.8) is 0 Å². The van der Waals surface area contributed by atoms with E-state index in [9.17, 15) is 4.79 Å². The van der Waals surface area contributed by atoms with Crippen LogP contribution in [0.4, 0.5) is 5.69 Å². The first-order valence-electron chi connectivity index (χ1n) is 10.5. The minimum atomic E-state index is -0.102. The lowest BCUT2D eigenvalue weighted by Gasteiger charge is -2.09. The Morgan fingerprint density at radius 3 is 2.30 bits per heavy atom. The highest BCUT2D eigenvalue weighted by Crippen LogP contribution is 2.23. The van der Waals surface area contributed by atoms with E-state index >= 15 is 0 Å². The quantitative estimate of drug-likeness (QED) is 0.450. The first kappa shape index (κ1) is 22.0. The first-order chi connectivity index (χ1) is 15.9. The van der Waals surface area contributed by atoms with Crippen molar-refractivity contribution in [1.29, 1.82) is 0 Å². The molecule has 2 heterocycles. The predicted molar refractivity (Wildman–Crippen MR) is 125 cm³/mol. The molecule has 0 fully saturated rings. The van der Waals surface area contributed by atoms with Gasteiger partial charge in [0.2, 0.25) is 11.8 Å². The molecule has 0 aliphatic carbocycles. The molecule has 1 amide bonds. The van der Waals surface area contributed by atoms with Gasteiger partial charge in [-0.05, 0) is 68.3 Å². The summed E-state index contributed by atoms with van der Waals surface area (Å²) < 4.78 is 12.8. The van der Waals surface area contributed by atoms with E-state index < -0.39 is 0 Å². The van der Waals surface area contributed by atoms with Gasteiger partial charge in [-0.1, -0.05) is 12.1 Å². The van der Waals surface area contributed by atoms with Crippen LogP contribution in [0.25, 0.3) is 5.82 Å². The normalized spacial score (nSPS) is 10.7. The summed E-state index contributed by atoms with van der Waals surface area (Å²) >= 11 is 0. The maximum absolute atomic E-state index is 12.3. The molecule has 8 nitrogen and oxygen atoms in total. The Kier molecular flexibility index (Phi) is 6.35. The van der Waals surface area contributed by atoms with Crippen molar-refractivity contribution in [3.8, 4) is 23.2 Å². The molecule has 0 saturated carbocycles. The molecule has 0 bridgehead atoms. The molecule has 0 aliphatic heterocycles. The van der Waals surface area contributed by atoms with E-state index in [-0.39, 0.29) is 12.3 Å². The average Bonchev–Trinajstić information content (AvgIpc) is 3.08. The molecule has 0 spiro atoms. The van der Waals surface area contributed by atoms with E-state index in [2.05, 4.69) is 20.4 Å². The first-order valence-corrected chi connectivity index (χ1v) is 10.5. The van der Waals surface area contributed by atoms with Crippen molar-refractivity contribution in [3.05, 3.63) is 83.4 Å². The number of hydrogen-bond donors (Lipinski definition) is 1. The van der Waals surface area contributed by atoms with Crippen LogP contribution in [0.5, 0.6) is 17.4 Å². The monoisotopic (exact) mass is 443 g/mol. The Balaban J connectivity index is 1.39. The number of anilines is 1. The SMILES string of the molecule is COc1ccc(CC(=O)Nc2ccc(Oc3cc(-n4nc(C)c(C)c4C)ncn3)cc2)cc1. The molecule has 0 unspecified atom stereocenters. The highest BCUT2D eigenvalue weighted by Gasteiger charge is 2.12.